The van der Waals surface area contributed by atoms with Crippen LogP contribution in [-0.2, 0) is 24.3 Å². The number of nitrogens with zero attached hydrogens (tertiary/aromatic N) is 2. The van der Waals surface area contributed by atoms with Gasteiger partial charge in [-0.05, 0) is 55.4 Å². The van der Waals surface area contributed by atoms with Crippen LogP contribution < -0.4 is 5.32 Å². The number of benzene rings is 1. The molecule has 6 heteroatoms. The predicted octanol–water partition coefficient (Wildman–Crippen LogP) is 4.56. The fourth-order valence-electron chi connectivity index (χ4n) is 3.65. The summed E-state index contributed by atoms with van der Waals surface area (Å²) in [7, 11) is 0. The lowest BCUT2D eigenvalue weighted by Crippen LogP contribution is -2.29. The summed E-state index contributed by atoms with van der Waals surface area (Å²) < 4.78 is 5.71. The molecule has 1 aliphatic heterocycles. The Labute approximate surface area is 175 Å². The van der Waals surface area contributed by atoms with E-state index in [0.717, 1.165) is 17.0 Å². The lowest BCUT2D eigenvalue weighted by atomic mass is 10.1. The van der Waals surface area contributed by atoms with Crippen molar-refractivity contribution in [3.8, 4) is 10.8 Å². The highest BCUT2D eigenvalue weighted by molar-refractivity contribution is 7.13. The molecule has 0 unspecified atom stereocenters. The zero-order valence-corrected chi connectivity index (χ0v) is 17.6. The number of aryl methyl sites for hydroxylation is 1. The van der Waals surface area contributed by atoms with Gasteiger partial charge < -0.3 is 9.73 Å². The molecule has 1 aliphatic rings. The monoisotopic (exact) mass is 409 g/mol. The van der Waals surface area contributed by atoms with Gasteiger partial charge in [0, 0.05) is 13.1 Å². The SMILES string of the molecule is Cc1oc(-c2cccs2)nc1CC(=O)NCc1ccc(CN2CCCCC2)cc1. The van der Waals surface area contributed by atoms with E-state index in [2.05, 4.69) is 39.5 Å². The van der Waals surface area contributed by atoms with Gasteiger partial charge in [-0.2, -0.15) is 0 Å². The van der Waals surface area contributed by atoms with Gasteiger partial charge in [0.1, 0.15) is 5.76 Å². The Hall–Kier alpha value is -2.44. The number of hydrogen-bond donors (Lipinski definition) is 1. The lowest BCUT2D eigenvalue weighted by Gasteiger charge is -2.26. The van der Waals surface area contributed by atoms with Crippen LogP contribution in [0.5, 0.6) is 0 Å². The Balaban J connectivity index is 1.27. The summed E-state index contributed by atoms with van der Waals surface area (Å²) in [5, 5.41) is 4.98. The van der Waals surface area contributed by atoms with Crippen molar-refractivity contribution in [2.24, 2.45) is 0 Å². The molecule has 0 bridgehead atoms. The van der Waals surface area contributed by atoms with Crippen molar-refractivity contribution >= 4 is 17.2 Å². The highest BCUT2D eigenvalue weighted by Crippen LogP contribution is 2.26. The van der Waals surface area contributed by atoms with Crippen LogP contribution in [0, 0.1) is 6.92 Å². The summed E-state index contributed by atoms with van der Waals surface area (Å²) in [4.78, 5) is 20.4. The van der Waals surface area contributed by atoms with Crippen molar-refractivity contribution < 1.29 is 9.21 Å². The number of likely N-dealkylation sites (tertiary alicyclic amines) is 1. The third kappa shape index (κ3) is 5.34. The number of aromatic nitrogens is 1. The molecule has 5 nitrogen and oxygen atoms in total. The Bertz CT molecular complexity index is 926. The van der Waals surface area contributed by atoms with Crippen molar-refractivity contribution in [2.45, 2.75) is 45.7 Å². The number of oxazole rings is 1. The van der Waals surface area contributed by atoms with Crippen molar-refractivity contribution in [2.75, 3.05) is 13.1 Å². The lowest BCUT2D eigenvalue weighted by molar-refractivity contribution is -0.120. The first-order valence-electron chi connectivity index (χ1n) is 10.2. The van der Waals surface area contributed by atoms with E-state index in [9.17, 15) is 4.79 Å². The first-order valence-corrected chi connectivity index (χ1v) is 11.1. The number of carbonyl (C=O) groups excluding carboxylic acids is 1. The second-order valence-electron chi connectivity index (χ2n) is 7.61. The second-order valence-corrected chi connectivity index (χ2v) is 8.55. The van der Waals surface area contributed by atoms with Gasteiger partial charge in [0.25, 0.3) is 0 Å². The number of thiophene rings is 1. The second kappa shape index (κ2) is 9.37. The molecule has 1 amide bonds. The molecule has 0 saturated carbocycles. The number of nitrogens with one attached hydrogen (secondary N) is 1. The van der Waals surface area contributed by atoms with E-state index in [4.69, 9.17) is 4.42 Å². The maximum absolute atomic E-state index is 12.4. The van der Waals surface area contributed by atoms with Crippen LogP contribution in [0.2, 0.25) is 0 Å². The molecule has 2 aromatic heterocycles. The first-order chi connectivity index (χ1) is 14.2. The summed E-state index contributed by atoms with van der Waals surface area (Å²) in [6.07, 6.45) is 4.21. The Morgan fingerprint density at radius 1 is 1.14 bits per heavy atom. The van der Waals surface area contributed by atoms with E-state index in [1.165, 1.54) is 37.9 Å². The zero-order chi connectivity index (χ0) is 20.1. The van der Waals surface area contributed by atoms with Crippen LogP contribution in [0.3, 0.4) is 0 Å². The molecule has 0 aliphatic carbocycles. The number of amides is 1. The van der Waals surface area contributed by atoms with Gasteiger partial charge in [-0.25, -0.2) is 4.98 Å². The number of hydrogen-bond acceptors (Lipinski definition) is 5. The van der Waals surface area contributed by atoms with E-state index in [0.29, 0.717) is 23.9 Å². The molecule has 1 fully saturated rings. The Kier molecular flexibility index (Phi) is 6.42. The molecule has 1 saturated heterocycles. The topological polar surface area (TPSA) is 58.4 Å². The molecule has 0 radical (unpaired) electrons. The Morgan fingerprint density at radius 3 is 2.62 bits per heavy atom. The molecule has 3 aromatic rings. The standard InChI is InChI=1S/C23H27N3O2S/c1-17-20(25-23(28-17)21-6-5-13-29-21)14-22(27)24-15-18-7-9-19(10-8-18)16-26-11-3-2-4-12-26/h5-10,13H,2-4,11-12,14-16H2,1H3,(H,24,27). The molecular formula is C23H27N3O2S. The summed E-state index contributed by atoms with van der Waals surface area (Å²) in [6, 6.07) is 12.5. The van der Waals surface area contributed by atoms with Gasteiger partial charge in [-0.3, -0.25) is 9.69 Å². The average molecular weight is 410 g/mol. The first kappa shape index (κ1) is 19.9. The van der Waals surface area contributed by atoms with E-state index in [1.807, 2.05) is 24.4 Å². The van der Waals surface area contributed by atoms with E-state index < -0.39 is 0 Å². The summed E-state index contributed by atoms with van der Waals surface area (Å²) in [5.74, 6) is 1.24. The third-order valence-corrected chi connectivity index (χ3v) is 6.18. The van der Waals surface area contributed by atoms with E-state index in [-0.39, 0.29) is 12.3 Å². The van der Waals surface area contributed by atoms with Gasteiger partial charge in [0.05, 0.1) is 17.0 Å². The van der Waals surface area contributed by atoms with Crippen LogP contribution in [0.4, 0.5) is 0 Å². The van der Waals surface area contributed by atoms with Gasteiger partial charge in [-0.15, -0.1) is 11.3 Å². The van der Waals surface area contributed by atoms with Gasteiger partial charge in [0.2, 0.25) is 11.8 Å². The normalized spacial score (nSPS) is 14.8. The smallest absolute Gasteiger partial charge is 0.236 e. The van der Waals surface area contributed by atoms with Crippen LogP contribution >= 0.6 is 11.3 Å². The molecule has 0 atom stereocenters. The van der Waals surface area contributed by atoms with Crippen LogP contribution in [-0.4, -0.2) is 28.9 Å². The largest absolute Gasteiger partial charge is 0.440 e. The fourth-order valence-corrected chi connectivity index (χ4v) is 4.30. The van der Waals surface area contributed by atoms with Crippen molar-refractivity contribution in [3.05, 3.63) is 64.4 Å². The number of carbonyl (C=O) groups is 1. The van der Waals surface area contributed by atoms with Crippen LogP contribution in [0.1, 0.15) is 41.8 Å². The minimum atomic E-state index is -0.0449. The minimum Gasteiger partial charge on any atom is -0.440 e. The molecular weight excluding hydrogens is 382 g/mol. The maximum atomic E-state index is 12.4. The number of piperidine rings is 1. The van der Waals surface area contributed by atoms with Crippen molar-refractivity contribution in [3.63, 3.8) is 0 Å². The van der Waals surface area contributed by atoms with Crippen molar-refractivity contribution in [1.82, 2.24) is 15.2 Å². The predicted molar refractivity (Wildman–Crippen MR) is 116 cm³/mol. The number of rotatable bonds is 7. The minimum absolute atomic E-state index is 0.0449. The van der Waals surface area contributed by atoms with Crippen molar-refractivity contribution in [1.29, 1.82) is 0 Å². The van der Waals surface area contributed by atoms with E-state index >= 15 is 0 Å². The molecule has 152 valence electrons. The Morgan fingerprint density at radius 2 is 1.90 bits per heavy atom. The summed E-state index contributed by atoms with van der Waals surface area (Å²) in [5.41, 5.74) is 3.14. The quantitative estimate of drug-likeness (QED) is 0.622. The fraction of sp³-hybridized carbons (Fsp3) is 0.391. The molecule has 3 heterocycles. The van der Waals surface area contributed by atoms with Gasteiger partial charge in [-0.1, -0.05) is 36.8 Å². The molecule has 29 heavy (non-hydrogen) atoms. The zero-order valence-electron chi connectivity index (χ0n) is 16.8. The van der Waals surface area contributed by atoms with Crippen LogP contribution in [0.15, 0.2) is 46.2 Å². The van der Waals surface area contributed by atoms with Gasteiger partial charge in [0.15, 0.2) is 0 Å². The van der Waals surface area contributed by atoms with E-state index in [1.54, 1.807) is 11.3 Å². The third-order valence-electron chi connectivity index (χ3n) is 5.32. The van der Waals surface area contributed by atoms with Crippen LogP contribution in [0.25, 0.3) is 10.8 Å². The summed E-state index contributed by atoms with van der Waals surface area (Å²) >= 11 is 1.58. The highest BCUT2D eigenvalue weighted by atomic mass is 32.1. The average Bonchev–Trinajstić information content (AvgIpc) is 3.39. The summed E-state index contributed by atoms with van der Waals surface area (Å²) in [6.45, 7) is 5.80. The molecule has 1 aromatic carbocycles. The maximum Gasteiger partial charge on any atom is 0.236 e. The molecule has 4 rings (SSSR count). The highest BCUT2D eigenvalue weighted by Gasteiger charge is 2.15. The molecule has 1 N–H and O–H groups in total. The van der Waals surface area contributed by atoms with Gasteiger partial charge >= 0.3 is 0 Å². The molecule has 0 spiro atoms.